The smallest absolute Gasteiger partial charge is 0.258 e. The third kappa shape index (κ3) is 1.71. The molecule has 2 rings (SSSR count). The van der Waals surface area contributed by atoms with Crippen LogP contribution in [-0.2, 0) is 5.41 Å². The molecule has 1 heterocycles. The van der Waals surface area contributed by atoms with Crippen molar-refractivity contribution in [2.45, 2.75) is 19.3 Å². The summed E-state index contributed by atoms with van der Waals surface area (Å²) >= 11 is 0. The molecule has 0 unspecified atom stereocenters. The van der Waals surface area contributed by atoms with Gasteiger partial charge in [0.1, 0.15) is 7.05 Å². The van der Waals surface area contributed by atoms with Gasteiger partial charge in [0, 0.05) is 23.1 Å². The van der Waals surface area contributed by atoms with Crippen molar-refractivity contribution >= 4 is 11.9 Å². The molecule has 0 N–H and O–H groups in total. The molecule has 0 atom stereocenters. The van der Waals surface area contributed by atoms with Crippen molar-refractivity contribution in [3.8, 4) is 0 Å². The third-order valence-corrected chi connectivity index (χ3v) is 2.98. The molecule has 4 nitrogen and oxygen atoms in total. The van der Waals surface area contributed by atoms with E-state index in [0.29, 0.717) is 0 Å². The number of fused-ring (bicyclic) bond motifs is 1. The zero-order valence-electron chi connectivity index (χ0n) is 9.73. The van der Waals surface area contributed by atoms with E-state index in [4.69, 9.17) is 0 Å². The molecular formula is C12H15N2O2+. The highest BCUT2D eigenvalue weighted by molar-refractivity contribution is 5.81. The maximum absolute atomic E-state index is 10.7. The number of likely N-dealkylation sites (N-methyl/N-ethyl adjacent to an activating group) is 1. The molecule has 1 aliphatic rings. The van der Waals surface area contributed by atoms with Gasteiger partial charge in [-0.15, -0.1) is 0 Å². The molecule has 4 heteroatoms. The lowest BCUT2D eigenvalue weighted by molar-refractivity contribution is -0.503. The Morgan fingerprint density at radius 1 is 1.44 bits per heavy atom. The zero-order chi connectivity index (χ0) is 11.9. The SMILES string of the molecule is C[N+]1=Cc2cc([N+](=O)[O-])ccc2C(C)(C)C1. The van der Waals surface area contributed by atoms with Crippen LogP contribution in [0.25, 0.3) is 0 Å². The Bertz CT molecular complexity index is 490. The first-order chi connectivity index (χ1) is 7.40. The van der Waals surface area contributed by atoms with E-state index < -0.39 is 0 Å². The predicted octanol–water partition coefficient (Wildman–Crippen LogP) is 1.95. The van der Waals surface area contributed by atoms with E-state index in [1.54, 1.807) is 12.1 Å². The van der Waals surface area contributed by atoms with Gasteiger partial charge in [0.15, 0.2) is 12.8 Å². The fourth-order valence-corrected chi connectivity index (χ4v) is 2.38. The Labute approximate surface area is 94.4 Å². The van der Waals surface area contributed by atoms with E-state index in [1.807, 2.05) is 19.3 Å². The van der Waals surface area contributed by atoms with E-state index in [1.165, 1.54) is 5.56 Å². The van der Waals surface area contributed by atoms with Gasteiger partial charge in [0.05, 0.1) is 4.92 Å². The summed E-state index contributed by atoms with van der Waals surface area (Å²) in [6, 6.07) is 5.10. The monoisotopic (exact) mass is 219 g/mol. The van der Waals surface area contributed by atoms with Gasteiger partial charge in [-0.25, -0.2) is 4.58 Å². The number of nitro benzene ring substituents is 1. The Kier molecular flexibility index (Phi) is 2.30. The van der Waals surface area contributed by atoms with Gasteiger partial charge in [0.2, 0.25) is 0 Å². The Morgan fingerprint density at radius 3 is 2.75 bits per heavy atom. The van der Waals surface area contributed by atoms with Crippen LogP contribution in [-0.4, -0.2) is 29.3 Å². The summed E-state index contributed by atoms with van der Waals surface area (Å²) in [4.78, 5) is 10.4. The molecule has 0 bridgehead atoms. The van der Waals surface area contributed by atoms with Crippen LogP contribution < -0.4 is 0 Å². The van der Waals surface area contributed by atoms with Gasteiger partial charge in [0.25, 0.3) is 5.69 Å². The largest absolute Gasteiger partial charge is 0.270 e. The molecule has 1 aromatic carbocycles. The molecule has 0 aromatic heterocycles. The van der Waals surface area contributed by atoms with Crippen LogP contribution in [0.2, 0.25) is 0 Å². The van der Waals surface area contributed by atoms with Gasteiger partial charge in [-0.1, -0.05) is 6.07 Å². The standard InChI is InChI=1S/C12H15N2O2/c1-12(2)8-13(3)7-9-6-10(14(15)16)4-5-11(9)12/h4-7H,8H2,1-3H3/q+1. The van der Waals surface area contributed by atoms with Crippen molar-refractivity contribution in [3.05, 3.63) is 39.4 Å². The van der Waals surface area contributed by atoms with Crippen LogP contribution in [0.15, 0.2) is 18.2 Å². The summed E-state index contributed by atoms with van der Waals surface area (Å²) < 4.78 is 2.08. The molecule has 84 valence electrons. The molecule has 0 fully saturated rings. The minimum Gasteiger partial charge on any atom is -0.258 e. The van der Waals surface area contributed by atoms with Gasteiger partial charge < -0.3 is 0 Å². The molecule has 1 aromatic rings. The van der Waals surface area contributed by atoms with E-state index in [0.717, 1.165) is 12.1 Å². The first kappa shape index (κ1) is 10.8. The minimum atomic E-state index is -0.351. The van der Waals surface area contributed by atoms with Gasteiger partial charge in [-0.05, 0) is 19.4 Å². The van der Waals surface area contributed by atoms with Crippen molar-refractivity contribution in [1.82, 2.24) is 0 Å². The third-order valence-electron chi connectivity index (χ3n) is 2.98. The van der Waals surface area contributed by atoms with Crippen LogP contribution >= 0.6 is 0 Å². The Morgan fingerprint density at radius 2 is 2.12 bits per heavy atom. The molecule has 0 saturated carbocycles. The van der Waals surface area contributed by atoms with Crippen molar-refractivity contribution < 1.29 is 9.50 Å². The molecule has 16 heavy (non-hydrogen) atoms. The Balaban J connectivity index is 2.60. The van der Waals surface area contributed by atoms with Gasteiger partial charge >= 0.3 is 0 Å². The quantitative estimate of drug-likeness (QED) is 0.411. The van der Waals surface area contributed by atoms with Crippen LogP contribution in [0.5, 0.6) is 0 Å². The molecular weight excluding hydrogens is 204 g/mol. The number of nitrogens with zero attached hydrogens (tertiary/aromatic N) is 2. The maximum Gasteiger partial charge on any atom is 0.270 e. The van der Waals surface area contributed by atoms with Gasteiger partial charge in [-0.3, -0.25) is 10.1 Å². The lowest BCUT2D eigenvalue weighted by Gasteiger charge is -2.27. The number of hydrogen-bond acceptors (Lipinski definition) is 2. The van der Waals surface area contributed by atoms with Crippen molar-refractivity contribution in [3.63, 3.8) is 0 Å². The Hall–Kier alpha value is -1.71. The summed E-state index contributed by atoms with van der Waals surface area (Å²) in [5, 5.41) is 10.7. The summed E-state index contributed by atoms with van der Waals surface area (Å²) in [5.74, 6) is 0. The number of benzene rings is 1. The normalized spacial score (nSPS) is 17.6. The number of hydrogen-bond donors (Lipinski definition) is 0. The van der Waals surface area contributed by atoms with Crippen LogP contribution in [0.1, 0.15) is 25.0 Å². The highest BCUT2D eigenvalue weighted by atomic mass is 16.6. The van der Waals surface area contributed by atoms with Crippen LogP contribution in [0.4, 0.5) is 5.69 Å². The molecule has 0 spiro atoms. The maximum atomic E-state index is 10.7. The highest BCUT2D eigenvalue weighted by Gasteiger charge is 2.32. The van der Waals surface area contributed by atoms with Gasteiger partial charge in [-0.2, -0.15) is 0 Å². The highest BCUT2D eigenvalue weighted by Crippen LogP contribution is 2.30. The molecule has 0 radical (unpaired) electrons. The average molecular weight is 219 g/mol. The number of non-ortho nitro benzene ring substituents is 1. The molecule has 0 aliphatic carbocycles. The summed E-state index contributed by atoms with van der Waals surface area (Å²) in [6.07, 6.45) is 1.97. The summed E-state index contributed by atoms with van der Waals surface area (Å²) in [6.45, 7) is 5.24. The number of rotatable bonds is 1. The lowest BCUT2D eigenvalue weighted by Crippen LogP contribution is -2.35. The van der Waals surface area contributed by atoms with Crippen molar-refractivity contribution in [2.75, 3.05) is 13.6 Å². The van der Waals surface area contributed by atoms with Crippen LogP contribution in [0.3, 0.4) is 0 Å². The second kappa shape index (κ2) is 3.40. The molecule has 0 saturated heterocycles. The van der Waals surface area contributed by atoms with E-state index >= 15 is 0 Å². The first-order valence-electron chi connectivity index (χ1n) is 5.24. The van der Waals surface area contributed by atoms with Crippen LogP contribution in [0, 0.1) is 10.1 Å². The average Bonchev–Trinajstić information content (AvgIpc) is 2.14. The zero-order valence-corrected chi connectivity index (χ0v) is 9.73. The van der Waals surface area contributed by atoms with Crippen molar-refractivity contribution in [2.24, 2.45) is 0 Å². The number of nitro groups is 1. The van der Waals surface area contributed by atoms with E-state index in [9.17, 15) is 10.1 Å². The van der Waals surface area contributed by atoms with Crippen molar-refractivity contribution in [1.29, 1.82) is 0 Å². The molecule has 1 aliphatic heterocycles. The summed E-state index contributed by atoms with van der Waals surface area (Å²) in [7, 11) is 1.99. The second-order valence-electron chi connectivity index (χ2n) is 4.96. The topological polar surface area (TPSA) is 46.1 Å². The lowest BCUT2D eigenvalue weighted by atomic mass is 9.80. The molecule has 0 amide bonds. The fraction of sp³-hybridized carbons (Fsp3) is 0.417. The summed E-state index contributed by atoms with van der Waals surface area (Å²) in [5.41, 5.74) is 2.32. The first-order valence-corrected chi connectivity index (χ1v) is 5.24. The van der Waals surface area contributed by atoms with E-state index in [2.05, 4.69) is 18.4 Å². The fourth-order valence-electron chi connectivity index (χ4n) is 2.38. The minimum absolute atomic E-state index is 0.0357. The van der Waals surface area contributed by atoms with E-state index in [-0.39, 0.29) is 16.0 Å². The second-order valence-corrected chi connectivity index (χ2v) is 4.96. The predicted molar refractivity (Wildman–Crippen MR) is 62.3 cm³/mol.